The number of nitrogens with zero attached hydrogens (tertiary/aromatic N) is 1. The molecule has 4 heteroatoms. The van der Waals surface area contributed by atoms with Crippen LogP contribution >= 0.6 is 0 Å². The highest BCUT2D eigenvalue weighted by Crippen LogP contribution is 2.35. The van der Waals surface area contributed by atoms with Crippen LogP contribution in [0.1, 0.15) is 18.1 Å². The third kappa shape index (κ3) is 2.00. The molecule has 3 atom stereocenters. The van der Waals surface area contributed by atoms with Crippen LogP contribution < -0.4 is 4.74 Å². The highest BCUT2D eigenvalue weighted by Gasteiger charge is 2.37. The van der Waals surface area contributed by atoms with Gasteiger partial charge in [-0.05, 0) is 12.5 Å². The van der Waals surface area contributed by atoms with Crippen LogP contribution in [0, 0.1) is 0 Å². The molecule has 3 unspecified atom stereocenters. The molecule has 0 saturated carbocycles. The molecule has 98 valence electrons. The predicted octanol–water partition coefficient (Wildman–Crippen LogP) is 1.20. The Hall–Kier alpha value is -1.10. The zero-order valence-electron chi connectivity index (χ0n) is 10.6. The molecule has 2 heterocycles. The topological polar surface area (TPSA) is 41.9 Å². The van der Waals surface area contributed by atoms with Crippen LogP contribution in [-0.2, 0) is 4.74 Å². The summed E-state index contributed by atoms with van der Waals surface area (Å²) in [4.78, 5) is 2.27. The predicted molar refractivity (Wildman–Crippen MR) is 67.7 cm³/mol. The van der Waals surface area contributed by atoms with Gasteiger partial charge in [0.2, 0.25) is 0 Å². The summed E-state index contributed by atoms with van der Waals surface area (Å²) in [6.07, 6.45) is 0.849. The molecule has 1 N–H and O–H groups in total. The van der Waals surface area contributed by atoms with Gasteiger partial charge in [-0.1, -0.05) is 18.2 Å². The van der Waals surface area contributed by atoms with Crippen LogP contribution in [0.3, 0.4) is 0 Å². The summed E-state index contributed by atoms with van der Waals surface area (Å²) in [6.45, 7) is 2.39. The molecule has 3 rings (SSSR count). The molecule has 2 aliphatic heterocycles. The SMILES string of the molecule is COC1CCN(C2COc3ccccc3C2O)C1. The van der Waals surface area contributed by atoms with Gasteiger partial charge in [-0.3, -0.25) is 4.90 Å². The van der Waals surface area contributed by atoms with Crippen LogP contribution in [0.5, 0.6) is 5.75 Å². The fourth-order valence-electron chi connectivity index (χ4n) is 2.88. The molecule has 4 nitrogen and oxygen atoms in total. The summed E-state index contributed by atoms with van der Waals surface area (Å²) < 4.78 is 11.1. The van der Waals surface area contributed by atoms with Gasteiger partial charge < -0.3 is 14.6 Å². The molecule has 1 aromatic rings. The lowest BCUT2D eigenvalue weighted by Gasteiger charge is -2.36. The van der Waals surface area contributed by atoms with Crippen molar-refractivity contribution in [3.63, 3.8) is 0 Å². The molecule has 1 fully saturated rings. The summed E-state index contributed by atoms with van der Waals surface area (Å²) in [7, 11) is 1.75. The van der Waals surface area contributed by atoms with Crippen LogP contribution in [0.2, 0.25) is 0 Å². The fourth-order valence-corrected chi connectivity index (χ4v) is 2.88. The minimum Gasteiger partial charge on any atom is -0.491 e. The quantitative estimate of drug-likeness (QED) is 0.855. The van der Waals surface area contributed by atoms with Crippen LogP contribution in [0.25, 0.3) is 0 Å². The van der Waals surface area contributed by atoms with Gasteiger partial charge in [0.1, 0.15) is 18.5 Å². The van der Waals surface area contributed by atoms with E-state index in [1.165, 1.54) is 0 Å². The van der Waals surface area contributed by atoms with Crippen LogP contribution in [-0.4, -0.2) is 49.0 Å². The maximum absolute atomic E-state index is 10.5. The monoisotopic (exact) mass is 249 g/mol. The first-order valence-corrected chi connectivity index (χ1v) is 6.46. The van der Waals surface area contributed by atoms with E-state index in [1.54, 1.807) is 7.11 Å². The average molecular weight is 249 g/mol. The highest BCUT2D eigenvalue weighted by molar-refractivity contribution is 5.37. The Balaban J connectivity index is 1.77. The van der Waals surface area contributed by atoms with Gasteiger partial charge >= 0.3 is 0 Å². The Labute approximate surface area is 107 Å². The van der Waals surface area contributed by atoms with E-state index in [0.29, 0.717) is 6.61 Å². The number of hydrogen-bond donors (Lipinski definition) is 1. The van der Waals surface area contributed by atoms with Gasteiger partial charge in [-0.15, -0.1) is 0 Å². The van der Waals surface area contributed by atoms with Gasteiger partial charge in [-0.25, -0.2) is 0 Å². The van der Waals surface area contributed by atoms with Crippen molar-refractivity contribution < 1.29 is 14.6 Å². The minimum absolute atomic E-state index is 0.0417. The van der Waals surface area contributed by atoms with Crippen molar-refractivity contribution in [3.05, 3.63) is 29.8 Å². The smallest absolute Gasteiger partial charge is 0.125 e. The van der Waals surface area contributed by atoms with E-state index in [1.807, 2.05) is 24.3 Å². The third-order valence-corrected chi connectivity index (χ3v) is 3.99. The fraction of sp³-hybridized carbons (Fsp3) is 0.571. The van der Waals surface area contributed by atoms with Crippen molar-refractivity contribution in [2.75, 3.05) is 26.8 Å². The normalized spacial score (nSPS) is 32.0. The van der Waals surface area contributed by atoms with Gasteiger partial charge in [0.05, 0.1) is 12.1 Å². The van der Waals surface area contributed by atoms with E-state index in [0.717, 1.165) is 30.8 Å². The minimum atomic E-state index is -0.467. The van der Waals surface area contributed by atoms with E-state index < -0.39 is 6.10 Å². The number of hydrogen-bond acceptors (Lipinski definition) is 4. The van der Waals surface area contributed by atoms with Gasteiger partial charge in [0, 0.05) is 25.8 Å². The van der Waals surface area contributed by atoms with E-state index >= 15 is 0 Å². The highest BCUT2D eigenvalue weighted by atomic mass is 16.5. The number of aliphatic hydroxyl groups excluding tert-OH is 1. The largest absolute Gasteiger partial charge is 0.491 e. The molecule has 1 saturated heterocycles. The molecule has 0 spiro atoms. The Morgan fingerprint density at radius 1 is 1.39 bits per heavy atom. The van der Waals surface area contributed by atoms with E-state index in [2.05, 4.69) is 4.90 Å². The lowest BCUT2D eigenvalue weighted by molar-refractivity contribution is 0.00588. The number of likely N-dealkylation sites (tertiary alicyclic amines) is 1. The lowest BCUT2D eigenvalue weighted by atomic mass is 9.98. The lowest BCUT2D eigenvalue weighted by Crippen LogP contribution is -2.45. The van der Waals surface area contributed by atoms with E-state index in [-0.39, 0.29) is 12.1 Å². The number of rotatable bonds is 2. The Kier molecular flexibility index (Phi) is 3.24. The molecule has 2 aliphatic rings. The molecular formula is C14H19NO3. The first-order valence-electron chi connectivity index (χ1n) is 6.46. The first kappa shape index (κ1) is 12.0. The maximum atomic E-state index is 10.5. The molecular weight excluding hydrogens is 230 g/mol. The van der Waals surface area contributed by atoms with E-state index in [4.69, 9.17) is 9.47 Å². The molecule has 0 radical (unpaired) electrons. The Morgan fingerprint density at radius 3 is 3.00 bits per heavy atom. The zero-order chi connectivity index (χ0) is 12.5. The first-order chi connectivity index (χ1) is 8.79. The van der Waals surface area contributed by atoms with Crippen molar-refractivity contribution >= 4 is 0 Å². The maximum Gasteiger partial charge on any atom is 0.125 e. The summed E-state index contributed by atoms with van der Waals surface area (Å²) in [6, 6.07) is 7.77. The van der Waals surface area contributed by atoms with E-state index in [9.17, 15) is 5.11 Å². The molecule has 18 heavy (non-hydrogen) atoms. The summed E-state index contributed by atoms with van der Waals surface area (Å²) in [5, 5.41) is 10.5. The molecule has 0 bridgehead atoms. The summed E-state index contributed by atoms with van der Waals surface area (Å²) in [5.41, 5.74) is 0.898. The van der Waals surface area contributed by atoms with Gasteiger partial charge in [-0.2, -0.15) is 0 Å². The van der Waals surface area contributed by atoms with Crippen molar-refractivity contribution in [2.45, 2.75) is 24.7 Å². The molecule has 1 aromatic carbocycles. The number of methoxy groups -OCH3 is 1. The van der Waals surface area contributed by atoms with Crippen LogP contribution in [0.15, 0.2) is 24.3 Å². The molecule has 0 aromatic heterocycles. The van der Waals surface area contributed by atoms with Crippen molar-refractivity contribution in [1.82, 2.24) is 4.90 Å². The number of para-hydroxylation sites is 1. The number of ether oxygens (including phenoxy) is 2. The zero-order valence-corrected chi connectivity index (χ0v) is 10.6. The second kappa shape index (κ2) is 4.88. The molecule has 0 amide bonds. The number of benzene rings is 1. The Morgan fingerprint density at radius 2 is 2.22 bits per heavy atom. The average Bonchev–Trinajstić information content (AvgIpc) is 2.88. The summed E-state index contributed by atoms with van der Waals surface area (Å²) >= 11 is 0. The van der Waals surface area contributed by atoms with Crippen LogP contribution in [0.4, 0.5) is 0 Å². The van der Waals surface area contributed by atoms with Crippen molar-refractivity contribution in [3.8, 4) is 5.75 Å². The summed E-state index contributed by atoms with van der Waals surface area (Å²) in [5.74, 6) is 0.809. The number of fused-ring (bicyclic) bond motifs is 1. The standard InChI is InChI=1S/C14H19NO3/c1-17-10-6-7-15(8-10)12-9-18-13-5-3-2-4-11(13)14(12)16/h2-5,10,12,14,16H,6-9H2,1H3. The second-order valence-corrected chi connectivity index (χ2v) is 5.00. The van der Waals surface area contributed by atoms with Gasteiger partial charge in [0.25, 0.3) is 0 Å². The molecule has 0 aliphatic carbocycles. The van der Waals surface area contributed by atoms with Crippen molar-refractivity contribution in [1.29, 1.82) is 0 Å². The van der Waals surface area contributed by atoms with Gasteiger partial charge in [0.15, 0.2) is 0 Å². The third-order valence-electron chi connectivity index (χ3n) is 3.99. The Bertz CT molecular complexity index is 423. The van der Waals surface area contributed by atoms with Crippen molar-refractivity contribution in [2.24, 2.45) is 0 Å². The second-order valence-electron chi connectivity index (χ2n) is 5.00. The number of aliphatic hydroxyl groups is 1.